The number of hydrogen-bond acceptors (Lipinski definition) is 3. The third-order valence-corrected chi connectivity index (χ3v) is 4.85. The highest BCUT2D eigenvalue weighted by atomic mass is 35.5. The van der Waals surface area contributed by atoms with E-state index in [-0.39, 0.29) is 0 Å². The normalized spacial score (nSPS) is 19.4. The Labute approximate surface area is 120 Å². The van der Waals surface area contributed by atoms with Gasteiger partial charge in [-0.05, 0) is 25.7 Å². The Kier molecular flexibility index (Phi) is 5.25. The highest BCUT2D eigenvalue weighted by molar-refractivity contribution is 6.31. The Morgan fingerprint density at radius 2 is 2.00 bits per heavy atom. The molecule has 0 aromatic carbocycles. The van der Waals surface area contributed by atoms with Crippen LogP contribution in [0.4, 0.5) is 0 Å². The van der Waals surface area contributed by atoms with Gasteiger partial charge in [-0.3, -0.25) is 16.0 Å². The van der Waals surface area contributed by atoms with Gasteiger partial charge in [0.05, 0.1) is 16.4 Å². The van der Waals surface area contributed by atoms with Crippen LogP contribution >= 0.6 is 11.6 Å². The highest BCUT2D eigenvalue weighted by Crippen LogP contribution is 2.29. The minimum atomic E-state index is 0.297. The minimum absolute atomic E-state index is 0.297. The lowest BCUT2D eigenvalue weighted by molar-refractivity contribution is 0.316. The molecule has 1 unspecified atom stereocenters. The number of nitrogens with zero attached hydrogens (tertiary/aromatic N) is 2. The zero-order valence-corrected chi connectivity index (χ0v) is 12.7. The number of aryl methyl sites for hydroxylation is 2. The first-order valence-electron chi connectivity index (χ1n) is 7.27. The monoisotopic (exact) mass is 284 g/mol. The van der Waals surface area contributed by atoms with Crippen LogP contribution in [0.15, 0.2) is 0 Å². The van der Waals surface area contributed by atoms with Gasteiger partial charge in [-0.2, -0.15) is 5.10 Å². The van der Waals surface area contributed by atoms with Crippen molar-refractivity contribution in [2.75, 3.05) is 0 Å². The zero-order valence-electron chi connectivity index (χ0n) is 12.0. The number of nitrogens with two attached hydrogens (primary N) is 1. The van der Waals surface area contributed by atoms with Crippen LogP contribution in [-0.4, -0.2) is 15.8 Å². The van der Waals surface area contributed by atoms with Gasteiger partial charge in [0, 0.05) is 19.5 Å². The van der Waals surface area contributed by atoms with Crippen molar-refractivity contribution < 1.29 is 0 Å². The Hall–Kier alpha value is -0.580. The predicted molar refractivity (Wildman–Crippen MR) is 79.0 cm³/mol. The summed E-state index contributed by atoms with van der Waals surface area (Å²) in [5, 5.41) is 5.17. The van der Waals surface area contributed by atoms with E-state index in [4.69, 9.17) is 17.4 Å². The standard InChI is InChI=1S/C14H25ClN4/c1-10-14(15)13(19(2)18-10)9-12(17-16)11-7-5-3-4-6-8-11/h11-12,17H,3-9,16H2,1-2H3. The fourth-order valence-corrected chi connectivity index (χ4v) is 3.42. The Morgan fingerprint density at radius 1 is 1.37 bits per heavy atom. The fraction of sp³-hybridized carbons (Fsp3) is 0.786. The van der Waals surface area contributed by atoms with E-state index in [9.17, 15) is 0 Å². The molecule has 19 heavy (non-hydrogen) atoms. The molecule has 0 saturated heterocycles. The predicted octanol–water partition coefficient (Wildman–Crippen LogP) is 2.73. The first kappa shape index (κ1) is 14.8. The van der Waals surface area contributed by atoms with E-state index in [1.54, 1.807) is 0 Å². The summed E-state index contributed by atoms with van der Waals surface area (Å²) in [6.07, 6.45) is 8.75. The average molecular weight is 285 g/mol. The molecule has 2 rings (SSSR count). The van der Waals surface area contributed by atoms with Crippen LogP contribution in [0.1, 0.15) is 49.9 Å². The van der Waals surface area contributed by atoms with E-state index in [0.717, 1.165) is 22.8 Å². The number of hydrogen-bond donors (Lipinski definition) is 2. The molecular formula is C14H25ClN4. The summed E-state index contributed by atoms with van der Waals surface area (Å²) in [5.41, 5.74) is 5.00. The molecule has 1 aromatic heterocycles. The average Bonchev–Trinajstić information content (AvgIpc) is 2.64. The summed E-state index contributed by atoms with van der Waals surface area (Å²) in [6.45, 7) is 1.95. The lowest BCUT2D eigenvalue weighted by Crippen LogP contribution is -2.42. The Balaban J connectivity index is 2.09. The highest BCUT2D eigenvalue weighted by Gasteiger charge is 2.24. The largest absolute Gasteiger partial charge is 0.271 e. The van der Waals surface area contributed by atoms with E-state index in [0.29, 0.717) is 12.0 Å². The van der Waals surface area contributed by atoms with Gasteiger partial charge in [-0.1, -0.05) is 37.3 Å². The molecule has 0 bridgehead atoms. The van der Waals surface area contributed by atoms with E-state index in [1.165, 1.54) is 38.5 Å². The smallest absolute Gasteiger partial charge is 0.0847 e. The molecule has 1 aliphatic rings. The van der Waals surface area contributed by atoms with Crippen molar-refractivity contribution in [2.24, 2.45) is 18.8 Å². The maximum atomic E-state index is 6.33. The van der Waals surface area contributed by atoms with Crippen LogP contribution in [0.3, 0.4) is 0 Å². The quantitative estimate of drug-likeness (QED) is 0.508. The fourth-order valence-electron chi connectivity index (χ4n) is 3.19. The van der Waals surface area contributed by atoms with Gasteiger partial charge < -0.3 is 0 Å². The second-order valence-corrected chi connectivity index (χ2v) is 6.08. The summed E-state index contributed by atoms with van der Waals surface area (Å²) in [6, 6.07) is 0.297. The maximum absolute atomic E-state index is 6.33. The third-order valence-electron chi connectivity index (χ3n) is 4.36. The number of nitrogens with one attached hydrogen (secondary N) is 1. The van der Waals surface area contributed by atoms with Crippen molar-refractivity contribution >= 4 is 11.6 Å². The molecule has 1 heterocycles. The second-order valence-electron chi connectivity index (χ2n) is 5.70. The first-order chi connectivity index (χ1) is 9.13. The molecule has 3 N–H and O–H groups in total. The van der Waals surface area contributed by atoms with E-state index in [1.807, 2.05) is 18.7 Å². The number of aromatic nitrogens is 2. The van der Waals surface area contributed by atoms with Gasteiger partial charge in [0.25, 0.3) is 0 Å². The maximum Gasteiger partial charge on any atom is 0.0847 e. The minimum Gasteiger partial charge on any atom is -0.271 e. The van der Waals surface area contributed by atoms with Crippen LogP contribution in [0.25, 0.3) is 0 Å². The van der Waals surface area contributed by atoms with E-state index >= 15 is 0 Å². The molecule has 1 saturated carbocycles. The molecule has 108 valence electrons. The topological polar surface area (TPSA) is 55.9 Å². The summed E-state index contributed by atoms with van der Waals surface area (Å²) >= 11 is 6.33. The van der Waals surface area contributed by atoms with Crippen LogP contribution < -0.4 is 11.3 Å². The molecule has 1 aromatic rings. The summed E-state index contributed by atoms with van der Waals surface area (Å²) < 4.78 is 1.89. The van der Waals surface area contributed by atoms with E-state index < -0.39 is 0 Å². The van der Waals surface area contributed by atoms with Crippen LogP contribution in [0.2, 0.25) is 5.02 Å². The lowest BCUT2D eigenvalue weighted by atomic mass is 9.89. The summed E-state index contributed by atoms with van der Waals surface area (Å²) in [7, 11) is 1.95. The molecule has 0 radical (unpaired) electrons. The van der Waals surface area contributed by atoms with Crippen molar-refractivity contribution in [1.82, 2.24) is 15.2 Å². The third kappa shape index (κ3) is 3.50. The van der Waals surface area contributed by atoms with Gasteiger partial charge in [-0.15, -0.1) is 0 Å². The molecule has 0 aliphatic heterocycles. The number of rotatable bonds is 4. The van der Waals surface area contributed by atoms with Crippen molar-refractivity contribution in [3.8, 4) is 0 Å². The molecule has 0 spiro atoms. The molecular weight excluding hydrogens is 260 g/mol. The summed E-state index contributed by atoms with van der Waals surface area (Å²) in [5.74, 6) is 6.44. The number of hydrazine groups is 1. The number of halogens is 1. The van der Waals surface area contributed by atoms with Crippen molar-refractivity contribution in [3.05, 3.63) is 16.4 Å². The van der Waals surface area contributed by atoms with Crippen LogP contribution in [0, 0.1) is 12.8 Å². The molecule has 1 fully saturated rings. The first-order valence-corrected chi connectivity index (χ1v) is 7.65. The van der Waals surface area contributed by atoms with Crippen molar-refractivity contribution in [2.45, 2.75) is 57.9 Å². The van der Waals surface area contributed by atoms with Gasteiger partial charge >= 0.3 is 0 Å². The van der Waals surface area contributed by atoms with Crippen molar-refractivity contribution in [1.29, 1.82) is 0 Å². The molecule has 1 aliphatic carbocycles. The zero-order chi connectivity index (χ0) is 13.8. The SMILES string of the molecule is Cc1nn(C)c(CC(NN)C2CCCCCC2)c1Cl. The van der Waals surface area contributed by atoms with Gasteiger partial charge in [0.15, 0.2) is 0 Å². The Morgan fingerprint density at radius 3 is 2.47 bits per heavy atom. The molecule has 5 heteroatoms. The van der Waals surface area contributed by atoms with Gasteiger partial charge in [0.1, 0.15) is 0 Å². The summed E-state index contributed by atoms with van der Waals surface area (Å²) in [4.78, 5) is 0. The lowest BCUT2D eigenvalue weighted by Gasteiger charge is -2.25. The van der Waals surface area contributed by atoms with Crippen molar-refractivity contribution in [3.63, 3.8) is 0 Å². The second kappa shape index (κ2) is 6.73. The van der Waals surface area contributed by atoms with Crippen LogP contribution in [-0.2, 0) is 13.5 Å². The van der Waals surface area contributed by atoms with Gasteiger partial charge in [-0.25, -0.2) is 0 Å². The van der Waals surface area contributed by atoms with E-state index in [2.05, 4.69) is 10.5 Å². The molecule has 1 atom stereocenters. The van der Waals surface area contributed by atoms with Gasteiger partial charge in [0.2, 0.25) is 0 Å². The molecule has 4 nitrogen and oxygen atoms in total. The molecule has 0 amide bonds. The van der Waals surface area contributed by atoms with Crippen LogP contribution in [0.5, 0.6) is 0 Å². The Bertz CT molecular complexity index is 408.